The first kappa shape index (κ1) is 13.1. The SMILES string of the molecule is Cc1ccc(-c2nc(CCN)c(Cl)n2C)c(C)c1. The van der Waals surface area contributed by atoms with Gasteiger partial charge in [-0.25, -0.2) is 4.98 Å². The lowest BCUT2D eigenvalue weighted by atomic mass is 10.1. The van der Waals surface area contributed by atoms with Crippen LogP contribution in [0.5, 0.6) is 0 Å². The summed E-state index contributed by atoms with van der Waals surface area (Å²) in [4.78, 5) is 4.61. The van der Waals surface area contributed by atoms with Crippen molar-refractivity contribution in [2.45, 2.75) is 20.3 Å². The molecule has 3 nitrogen and oxygen atoms in total. The Morgan fingerprint density at radius 2 is 2.06 bits per heavy atom. The quantitative estimate of drug-likeness (QED) is 0.925. The second-order valence-corrected chi connectivity index (χ2v) is 4.95. The standard InChI is InChI=1S/C14H18ClN3/c1-9-4-5-11(10(2)8-9)14-17-12(6-7-16)13(15)18(14)3/h4-5,8H,6-7,16H2,1-3H3. The van der Waals surface area contributed by atoms with E-state index in [4.69, 9.17) is 17.3 Å². The lowest BCUT2D eigenvalue weighted by Gasteiger charge is -2.07. The molecule has 0 aliphatic carbocycles. The van der Waals surface area contributed by atoms with Gasteiger partial charge in [-0.1, -0.05) is 35.4 Å². The molecule has 0 saturated heterocycles. The number of halogens is 1. The Kier molecular flexibility index (Phi) is 3.73. The summed E-state index contributed by atoms with van der Waals surface area (Å²) in [6, 6.07) is 6.34. The minimum Gasteiger partial charge on any atom is -0.330 e. The second-order valence-electron chi connectivity index (χ2n) is 4.59. The predicted octanol–water partition coefficient (Wildman–Crippen LogP) is 2.86. The van der Waals surface area contributed by atoms with Gasteiger partial charge in [-0.2, -0.15) is 0 Å². The van der Waals surface area contributed by atoms with Gasteiger partial charge in [-0.3, -0.25) is 0 Å². The highest BCUT2D eigenvalue weighted by Gasteiger charge is 2.15. The third-order valence-electron chi connectivity index (χ3n) is 3.10. The number of rotatable bonds is 3. The molecular weight excluding hydrogens is 246 g/mol. The normalized spacial score (nSPS) is 10.9. The average molecular weight is 264 g/mol. The number of aromatic nitrogens is 2. The summed E-state index contributed by atoms with van der Waals surface area (Å²) in [5.74, 6) is 0.904. The van der Waals surface area contributed by atoms with Crippen LogP contribution >= 0.6 is 11.6 Å². The van der Waals surface area contributed by atoms with Crippen molar-refractivity contribution in [2.24, 2.45) is 12.8 Å². The van der Waals surface area contributed by atoms with Crippen LogP contribution in [0.4, 0.5) is 0 Å². The van der Waals surface area contributed by atoms with E-state index in [0.717, 1.165) is 17.1 Å². The fourth-order valence-electron chi connectivity index (χ4n) is 2.14. The summed E-state index contributed by atoms with van der Waals surface area (Å²) in [6.45, 7) is 4.73. The number of aryl methyl sites for hydroxylation is 2. The van der Waals surface area contributed by atoms with E-state index in [1.54, 1.807) is 0 Å². The predicted molar refractivity (Wildman–Crippen MR) is 75.9 cm³/mol. The minimum absolute atomic E-state index is 0.559. The number of benzene rings is 1. The lowest BCUT2D eigenvalue weighted by molar-refractivity contribution is 0.913. The molecule has 0 spiro atoms. The summed E-state index contributed by atoms with van der Waals surface area (Å²) in [6.07, 6.45) is 0.706. The largest absolute Gasteiger partial charge is 0.330 e. The van der Waals surface area contributed by atoms with Crippen molar-refractivity contribution >= 4 is 11.6 Å². The molecule has 1 heterocycles. The van der Waals surface area contributed by atoms with Gasteiger partial charge in [0.25, 0.3) is 0 Å². The molecule has 2 rings (SSSR count). The van der Waals surface area contributed by atoms with Crippen LogP contribution in [0.2, 0.25) is 5.15 Å². The van der Waals surface area contributed by atoms with E-state index in [0.29, 0.717) is 18.1 Å². The molecule has 0 unspecified atom stereocenters. The Labute approximate surface area is 113 Å². The van der Waals surface area contributed by atoms with Crippen molar-refractivity contribution in [1.82, 2.24) is 9.55 Å². The Morgan fingerprint density at radius 1 is 1.33 bits per heavy atom. The molecule has 0 saturated carbocycles. The highest BCUT2D eigenvalue weighted by Crippen LogP contribution is 2.27. The van der Waals surface area contributed by atoms with Crippen LogP contribution in [-0.4, -0.2) is 16.1 Å². The monoisotopic (exact) mass is 263 g/mol. The van der Waals surface area contributed by atoms with E-state index in [1.807, 2.05) is 11.6 Å². The average Bonchev–Trinajstić information content (AvgIpc) is 2.58. The van der Waals surface area contributed by atoms with Crippen LogP contribution in [0.1, 0.15) is 16.8 Å². The summed E-state index contributed by atoms with van der Waals surface area (Å²) in [7, 11) is 1.93. The van der Waals surface area contributed by atoms with Gasteiger partial charge in [0.1, 0.15) is 11.0 Å². The van der Waals surface area contributed by atoms with Gasteiger partial charge >= 0.3 is 0 Å². The molecule has 2 N–H and O–H groups in total. The maximum absolute atomic E-state index is 6.27. The van der Waals surface area contributed by atoms with E-state index >= 15 is 0 Å². The number of nitrogens with two attached hydrogens (primary N) is 1. The zero-order valence-corrected chi connectivity index (χ0v) is 11.8. The van der Waals surface area contributed by atoms with E-state index in [1.165, 1.54) is 11.1 Å². The molecule has 18 heavy (non-hydrogen) atoms. The van der Waals surface area contributed by atoms with Gasteiger partial charge in [0, 0.05) is 19.0 Å². The number of imidazole rings is 1. The molecule has 0 amide bonds. The summed E-state index contributed by atoms with van der Waals surface area (Å²) in [5.41, 5.74) is 10.0. The van der Waals surface area contributed by atoms with Gasteiger partial charge in [0.05, 0.1) is 5.69 Å². The molecular formula is C14H18ClN3. The Hall–Kier alpha value is -1.32. The van der Waals surface area contributed by atoms with Gasteiger partial charge in [-0.15, -0.1) is 0 Å². The molecule has 0 bridgehead atoms. The van der Waals surface area contributed by atoms with Gasteiger partial charge < -0.3 is 10.3 Å². The number of nitrogens with zero attached hydrogens (tertiary/aromatic N) is 2. The van der Waals surface area contributed by atoms with Crippen molar-refractivity contribution in [3.05, 3.63) is 40.2 Å². The fourth-order valence-corrected chi connectivity index (χ4v) is 2.35. The Bertz CT molecular complexity index is 573. The molecule has 1 aromatic heterocycles. The van der Waals surface area contributed by atoms with Gasteiger partial charge in [-0.05, 0) is 26.0 Å². The smallest absolute Gasteiger partial charge is 0.141 e. The van der Waals surface area contributed by atoms with Crippen LogP contribution < -0.4 is 5.73 Å². The molecule has 0 radical (unpaired) electrons. The van der Waals surface area contributed by atoms with Crippen LogP contribution in [-0.2, 0) is 13.5 Å². The summed E-state index contributed by atoms with van der Waals surface area (Å²) < 4.78 is 1.92. The summed E-state index contributed by atoms with van der Waals surface area (Å²) in [5, 5.41) is 0.676. The van der Waals surface area contributed by atoms with Crippen LogP contribution in [0.3, 0.4) is 0 Å². The molecule has 0 fully saturated rings. The van der Waals surface area contributed by atoms with Crippen molar-refractivity contribution in [3.8, 4) is 11.4 Å². The molecule has 0 aliphatic rings. The van der Waals surface area contributed by atoms with Crippen LogP contribution in [0, 0.1) is 13.8 Å². The van der Waals surface area contributed by atoms with Gasteiger partial charge in [0.15, 0.2) is 0 Å². The molecule has 2 aromatic rings. The zero-order valence-electron chi connectivity index (χ0n) is 11.0. The highest BCUT2D eigenvalue weighted by atomic mass is 35.5. The lowest BCUT2D eigenvalue weighted by Crippen LogP contribution is -2.03. The van der Waals surface area contributed by atoms with Gasteiger partial charge in [0.2, 0.25) is 0 Å². The van der Waals surface area contributed by atoms with Crippen molar-refractivity contribution in [3.63, 3.8) is 0 Å². The molecule has 0 atom stereocenters. The topological polar surface area (TPSA) is 43.8 Å². The maximum Gasteiger partial charge on any atom is 0.141 e. The Morgan fingerprint density at radius 3 is 2.67 bits per heavy atom. The maximum atomic E-state index is 6.27. The molecule has 4 heteroatoms. The number of hydrogen-bond acceptors (Lipinski definition) is 2. The third kappa shape index (κ3) is 2.28. The first-order valence-corrected chi connectivity index (χ1v) is 6.41. The minimum atomic E-state index is 0.559. The third-order valence-corrected chi connectivity index (χ3v) is 3.57. The van der Waals surface area contributed by atoms with Crippen LogP contribution in [0.25, 0.3) is 11.4 Å². The molecule has 1 aromatic carbocycles. The Balaban J connectivity index is 2.53. The zero-order chi connectivity index (χ0) is 13.3. The van der Waals surface area contributed by atoms with Crippen molar-refractivity contribution < 1.29 is 0 Å². The van der Waals surface area contributed by atoms with E-state index in [9.17, 15) is 0 Å². The fraction of sp³-hybridized carbons (Fsp3) is 0.357. The van der Waals surface area contributed by atoms with Crippen molar-refractivity contribution in [2.75, 3.05) is 6.54 Å². The van der Waals surface area contributed by atoms with E-state index < -0.39 is 0 Å². The van der Waals surface area contributed by atoms with Crippen molar-refractivity contribution in [1.29, 1.82) is 0 Å². The second kappa shape index (κ2) is 5.12. The first-order chi connectivity index (χ1) is 8.54. The first-order valence-electron chi connectivity index (χ1n) is 6.03. The van der Waals surface area contributed by atoms with E-state index in [-0.39, 0.29) is 0 Å². The van der Waals surface area contributed by atoms with Crippen LogP contribution in [0.15, 0.2) is 18.2 Å². The molecule has 96 valence electrons. The van der Waals surface area contributed by atoms with E-state index in [2.05, 4.69) is 37.0 Å². The molecule has 0 aliphatic heterocycles. The number of hydrogen-bond donors (Lipinski definition) is 1. The summed E-state index contributed by atoms with van der Waals surface area (Å²) >= 11 is 6.27. The highest BCUT2D eigenvalue weighted by molar-refractivity contribution is 6.30.